The molecule has 1 aliphatic rings. The van der Waals surface area contributed by atoms with Gasteiger partial charge in [0.25, 0.3) is 0 Å². The van der Waals surface area contributed by atoms with E-state index in [1.54, 1.807) is 0 Å². The van der Waals surface area contributed by atoms with Gasteiger partial charge in [-0.15, -0.1) is 0 Å². The third-order valence-electron chi connectivity index (χ3n) is 5.72. The molecule has 5 rings (SSSR count). The quantitative estimate of drug-likeness (QED) is 0.429. The van der Waals surface area contributed by atoms with E-state index in [9.17, 15) is 4.79 Å². The number of esters is 1. The molecular formula is C26H20O2. The van der Waals surface area contributed by atoms with E-state index in [4.69, 9.17) is 4.74 Å². The van der Waals surface area contributed by atoms with Crippen LogP contribution in [0.1, 0.15) is 29.0 Å². The summed E-state index contributed by atoms with van der Waals surface area (Å²) in [6, 6.07) is 34.6. The Bertz CT molecular complexity index is 1130. The van der Waals surface area contributed by atoms with Crippen molar-refractivity contribution < 1.29 is 9.53 Å². The van der Waals surface area contributed by atoms with Crippen molar-refractivity contribution in [3.63, 3.8) is 0 Å². The van der Waals surface area contributed by atoms with E-state index in [2.05, 4.69) is 36.4 Å². The lowest BCUT2D eigenvalue weighted by Gasteiger charge is -2.30. The summed E-state index contributed by atoms with van der Waals surface area (Å²) in [5, 5.41) is 2.27. The highest BCUT2D eigenvalue weighted by molar-refractivity contribution is 5.89. The van der Waals surface area contributed by atoms with E-state index in [1.807, 2.05) is 66.7 Å². The highest BCUT2D eigenvalue weighted by atomic mass is 16.6. The van der Waals surface area contributed by atoms with Gasteiger partial charge in [0.1, 0.15) is 0 Å². The molecular weight excluding hydrogens is 344 g/mol. The highest BCUT2D eigenvalue weighted by Crippen LogP contribution is 2.50. The van der Waals surface area contributed by atoms with Gasteiger partial charge in [0.15, 0.2) is 5.60 Å². The summed E-state index contributed by atoms with van der Waals surface area (Å²) in [5.74, 6) is -0.441. The number of hydrogen-bond donors (Lipinski definition) is 0. The lowest BCUT2D eigenvalue weighted by atomic mass is 9.78. The maximum absolute atomic E-state index is 13.1. The van der Waals surface area contributed by atoms with Crippen LogP contribution in [0.2, 0.25) is 0 Å². The second-order valence-electron chi connectivity index (χ2n) is 7.31. The third kappa shape index (κ3) is 2.61. The Morgan fingerprint density at radius 1 is 0.714 bits per heavy atom. The second-order valence-corrected chi connectivity index (χ2v) is 7.31. The number of carbonyl (C=O) groups is 1. The van der Waals surface area contributed by atoms with Gasteiger partial charge in [-0.3, -0.25) is 4.79 Å². The van der Waals surface area contributed by atoms with Crippen LogP contribution in [0.15, 0.2) is 103 Å². The molecule has 1 fully saturated rings. The van der Waals surface area contributed by atoms with Gasteiger partial charge in [-0.05, 0) is 16.3 Å². The van der Waals surface area contributed by atoms with Crippen LogP contribution in [-0.2, 0) is 15.1 Å². The van der Waals surface area contributed by atoms with Crippen LogP contribution >= 0.6 is 0 Å². The largest absolute Gasteiger partial charge is 0.449 e. The first-order valence-corrected chi connectivity index (χ1v) is 9.59. The van der Waals surface area contributed by atoms with E-state index in [-0.39, 0.29) is 11.9 Å². The zero-order valence-corrected chi connectivity index (χ0v) is 15.4. The van der Waals surface area contributed by atoms with Crippen LogP contribution in [0, 0.1) is 0 Å². The maximum atomic E-state index is 13.1. The molecule has 0 saturated carbocycles. The number of hydrogen-bond acceptors (Lipinski definition) is 2. The van der Waals surface area contributed by atoms with Gasteiger partial charge in [-0.25, -0.2) is 0 Å². The smallest absolute Gasteiger partial charge is 0.314 e. The lowest BCUT2D eigenvalue weighted by molar-refractivity contribution is -0.147. The van der Waals surface area contributed by atoms with Crippen LogP contribution < -0.4 is 0 Å². The minimum Gasteiger partial charge on any atom is -0.449 e. The molecule has 0 unspecified atom stereocenters. The van der Waals surface area contributed by atoms with Crippen LogP contribution in [0.4, 0.5) is 0 Å². The summed E-state index contributed by atoms with van der Waals surface area (Å²) in [6.07, 6.45) is 0.591. The minimum atomic E-state index is -0.792. The van der Waals surface area contributed by atoms with Crippen molar-refractivity contribution in [3.8, 4) is 0 Å². The van der Waals surface area contributed by atoms with Crippen LogP contribution in [-0.4, -0.2) is 5.97 Å². The van der Waals surface area contributed by atoms with Gasteiger partial charge in [-0.1, -0.05) is 103 Å². The summed E-state index contributed by atoms with van der Waals surface area (Å²) >= 11 is 0. The molecule has 0 aliphatic carbocycles. The lowest BCUT2D eigenvalue weighted by Crippen LogP contribution is -2.27. The van der Waals surface area contributed by atoms with Crippen molar-refractivity contribution >= 4 is 16.7 Å². The Labute approximate surface area is 164 Å². The van der Waals surface area contributed by atoms with Gasteiger partial charge in [0, 0.05) is 17.5 Å². The standard InChI is InChI=1S/C26H20O2/c27-25-23(20-10-3-1-4-11-20)18-26(28-25,21-14-5-2-6-15-21)24-17-9-13-19-12-7-8-16-22(19)24/h1-17,23H,18H2/t23-,26-/m1/s1. The maximum Gasteiger partial charge on any atom is 0.314 e. The average molecular weight is 364 g/mol. The Hall–Kier alpha value is -3.39. The van der Waals surface area contributed by atoms with E-state index < -0.39 is 5.60 Å². The summed E-state index contributed by atoms with van der Waals surface area (Å²) in [5.41, 5.74) is 2.27. The van der Waals surface area contributed by atoms with Crippen molar-refractivity contribution in [2.75, 3.05) is 0 Å². The van der Waals surface area contributed by atoms with Gasteiger partial charge in [0.2, 0.25) is 0 Å². The number of carbonyl (C=O) groups excluding carboxylic acids is 1. The third-order valence-corrected chi connectivity index (χ3v) is 5.72. The normalized spacial score (nSPS) is 21.6. The summed E-state index contributed by atoms with van der Waals surface area (Å²) < 4.78 is 6.26. The second kappa shape index (κ2) is 6.65. The van der Waals surface area contributed by atoms with Gasteiger partial charge in [-0.2, -0.15) is 0 Å². The Balaban J connectivity index is 1.73. The Kier molecular flexibility index (Phi) is 3.98. The number of ether oxygens (including phenoxy) is 1. The van der Waals surface area contributed by atoms with Crippen molar-refractivity contribution in [3.05, 3.63) is 120 Å². The Morgan fingerprint density at radius 2 is 1.36 bits per heavy atom. The van der Waals surface area contributed by atoms with Crippen molar-refractivity contribution in [1.82, 2.24) is 0 Å². The van der Waals surface area contributed by atoms with E-state index in [1.165, 1.54) is 0 Å². The van der Waals surface area contributed by atoms with Crippen molar-refractivity contribution in [1.29, 1.82) is 0 Å². The molecule has 1 heterocycles. The molecule has 4 aromatic rings. The highest BCUT2D eigenvalue weighted by Gasteiger charge is 2.50. The Morgan fingerprint density at radius 3 is 2.14 bits per heavy atom. The molecule has 4 aromatic carbocycles. The molecule has 1 saturated heterocycles. The molecule has 2 atom stereocenters. The number of rotatable bonds is 3. The first-order valence-electron chi connectivity index (χ1n) is 9.59. The molecule has 136 valence electrons. The van der Waals surface area contributed by atoms with E-state index >= 15 is 0 Å². The first kappa shape index (κ1) is 16.8. The van der Waals surface area contributed by atoms with Crippen molar-refractivity contribution in [2.24, 2.45) is 0 Å². The SMILES string of the molecule is O=C1O[C@](c2ccccc2)(c2cccc3ccccc23)C[C@@H]1c1ccccc1. The fraction of sp³-hybridized carbons (Fsp3) is 0.115. The molecule has 0 radical (unpaired) electrons. The first-order chi connectivity index (χ1) is 13.8. The number of fused-ring (bicyclic) bond motifs is 1. The fourth-order valence-corrected chi connectivity index (χ4v) is 4.38. The molecule has 2 nitrogen and oxygen atoms in total. The summed E-state index contributed by atoms with van der Waals surface area (Å²) in [6.45, 7) is 0. The monoisotopic (exact) mass is 364 g/mol. The number of cyclic esters (lactones) is 1. The summed E-state index contributed by atoms with van der Waals surface area (Å²) in [4.78, 5) is 13.1. The molecule has 28 heavy (non-hydrogen) atoms. The zero-order valence-electron chi connectivity index (χ0n) is 15.4. The topological polar surface area (TPSA) is 26.3 Å². The minimum absolute atomic E-state index is 0.164. The van der Waals surface area contributed by atoms with Gasteiger partial charge in [0.05, 0.1) is 5.92 Å². The molecule has 0 amide bonds. The predicted octanol–water partition coefficient (Wildman–Crippen LogP) is 5.81. The zero-order chi connectivity index (χ0) is 19.0. The van der Waals surface area contributed by atoms with Crippen LogP contribution in [0.25, 0.3) is 10.8 Å². The molecule has 2 heteroatoms. The van der Waals surface area contributed by atoms with Crippen LogP contribution in [0.5, 0.6) is 0 Å². The summed E-state index contributed by atoms with van der Waals surface area (Å²) in [7, 11) is 0. The van der Waals surface area contributed by atoms with Gasteiger partial charge < -0.3 is 4.74 Å². The molecule has 0 bridgehead atoms. The molecule has 0 N–H and O–H groups in total. The molecule has 1 aliphatic heterocycles. The average Bonchev–Trinajstić information content (AvgIpc) is 3.13. The molecule has 0 spiro atoms. The molecule has 0 aromatic heterocycles. The van der Waals surface area contributed by atoms with Gasteiger partial charge >= 0.3 is 5.97 Å². The van der Waals surface area contributed by atoms with E-state index in [0.29, 0.717) is 6.42 Å². The van der Waals surface area contributed by atoms with Crippen molar-refractivity contribution in [2.45, 2.75) is 17.9 Å². The fourth-order valence-electron chi connectivity index (χ4n) is 4.38. The van der Waals surface area contributed by atoms with Crippen LogP contribution in [0.3, 0.4) is 0 Å². The van der Waals surface area contributed by atoms with E-state index in [0.717, 1.165) is 27.5 Å². The predicted molar refractivity (Wildman–Crippen MR) is 111 cm³/mol. The number of benzene rings is 4.